The summed E-state index contributed by atoms with van der Waals surface area (Å²) in [5.41, 5.74) is -0.245. The van der Waals surface area contributed by atoms with Crippen LogP contribution in [0, 0.1) is 55.7 Å². The van der Waals surface area contributed by atoms with Crippen LogP contribution in [-0.2, 0) is 19.2 Å². The van der Waals surface area contributed by atoms with Crippen LogP contribution in [0.2, 0.25) is 0 Å². The monoisotopic (exact) mass is 592 g/mol. The molecule has 0 spiro atoms. The fraction of sp³-hybridized carbons (Fsp3) is 0.750. The fourth-order valence-electron chi connectivity index (χ4n) is 10.2. The van der Waals surface area contributed by atoms with Crippen molar-refractivity contribution in [3.63, 3.8) is 0 Å². The quantitative estimate of drug-likeness (QED) is 0.308. The lowest BCUT2D eigenvalue weighted by Gasteiger charge is -2.65. The van der Waals surface area contributed by atoms with Crippen molar-refractivity contribution in [2.75, 3.05) is 6.54 Å². The van der Waals surface area contributed by atoms with Crippen molar-refractivity contribution >= 4 is 23.4 Å². The van der Waals surface area contributed by atoms with Crippen LogP contribution in [0.1, 0.15) is 120 Å². The van der Waals surface area contributed by atoms with Crippen molar-refractivity contribution < 1.29 is 24.3 Å². The molecule has 4 aliphatic carbocycles. The van der Waals surface area contributed by atoms with Gasteiger partial charge in [0.15, 0.2) is 11.6 Å². The van der Waals surface area contributed by atoms with Crippen LogP contribution in [0.5, 0.6) is 0 Å². The highest BCUT2D eigenvalue weighted by molar-refractivity contribution is 6.04. The second-order valence-electron chi connectivity index (χ2n) is 16.5. The Bertz CT molecular complexity index is 1320. The molecule has 0 aliphatic heterocycles. The number of allylic oxidation sites excluding steroid dienone is 4. The highest BCUT2D eigenvalue weighted by Gasteiger charge is 2.64. The van der Waals surface area contributed by atoms with E-state index < -0.39 is 16.8 Å². The van der Waals surface area contributed by atoms with Gasteiger partial charge in [0.05, 0.1) is 5.57 Å². The number of fused-ring (bicyclic) bond motifs is 2. The number of amides is 1. The van der Waals surface area contributed by atoms with Gasteiger partial charge in [0.2, 0.25) is 5.91 Å². The summed E-state index contributed by atoms with van der Waals surface area (Å²) in [6.07, 6.45) is 12.7. The van der Waals surface area contributed by atoms with Crippen molar-refractivity contribution in [1.29, 1.82) is 5.26 Å². The zero-order valence-corrected chi connectivity index (χ0v) is 27.6. The van der Waals surface area contributed by atoms with Gasteiger partial charge in [-0.15, -0.1) is 0 Å². The van der Waals surface area contributed by atoms with E-state index in [1.165, 1.54) is 0 Å². The van der Waals surface area contributed by atoms with Crippen molar-refractivity contribution in [3.8, 4) is 6.07 Å². The molecular weight excluding hydrogens is 540 g/mol. The highest BCUT2D eigenvalue weighted by Crippen LogP contribution is 2.71. The van der Waals surface area contributed by atoms with E-state index in [-0.39, 0.29) is 57.2 Å². The molecular formula is C36H52N2O5. The zero-order valence-electron chi connectivity index (χ0n) is 27.6. The van der Waals surface area contributed by atoms with Crippen LogP contribution in [0.4, 0.5) is 0 Å². The molecule has 7 nitrogen and oxygen atoms in total. The molecule has 0 aromatic heterocycles. The number of nitrogens with zero attached hydrogens (tertiary/aromatic N) is 1. The molecule has 0 aromatic rings. The van der Waals surface area contributed by atoms with Gasteiger partial charge in [-0.25, -0.2) is 0 Å². The van der Waals surface area contributed by atoms with Crippen molar-refractivity contribution in [2.24, 2.45) is 44.3 Å². The summed E-state index contributed by atoms with van der Waals surface area (Å²) in [5.74, 6) is -0.956. The third-order valence-electron chi connectivity index (χ3n) is 12.9. The van der Waals surface area contributed by atoms with E-state index in [0.29, 0.717) is 12.3 Å². The van der Waals surface area contributed by atoms with Crippen LogP contribution >= 0.6 is 0 Å². The average molecular weight is 593 g/mol. The predicted octanol–water partition coefficient (Wildman–Crippen LogP) is 6.97. The molecule has 4 rings (SSSR count). The Morgan fingerprint density at radius 3 is 2.28 bits per heavy atom. The Morgan fingerprint density at radius 1 is 1.02 bits per heavy atom. The van der Waals surface area contributed by atoms with E-state index in [1.807, 2.05) is 26.0 Å². The van der Waals surface area contributed by atoms with E-state index in [4.69, 9.17) is 5.11 Å². The number of carbonyl (C=O) groups excluding carboxylic acids is 3. The number of hydrogen-bond donors (Lipinski definition) is 2. The molecule has 4 aliphatic rings. The van der Waals surface area contributed by atoms with E-state index in [1.54, 1.807) is 6.92 Å². The van der Waals surface area contributed by atoms with Crippen LogP contribution < -0.4 is 5.32 Å². The fourth-order valence-corrected chi connectivity index (χ4v) is 10.2. The van der Waals surface area contributed by atoms with Gasteiger partial charge < -0.3 is 10.4 Å². The summed E-state index contributed by atoms with van der Waals surface area (Å²) in [5, 5.41) is 21.5. The Kier molecular flexibility index (Phi) is 8.48. The van der Waals surface area contributed by atoms with Gasteiger partial charge in [-0.3, -0.25) is 19.2 Å². The SMILES string of the molecule is CC(=O)/C=C1/[C@@]2(C)C=C(C#N)C(=O)C(C)(C)[C@@H]2CC[C@@]1(C)[C@]1(C)CC[C@@]2(CCC(=O)NCC(=O)O)CCC(C)(C)CC2C1. The van der Waals surface area contributed by atoms with E-state index >= 15 is 0 Å². The van der Waals surface area contributed by atoms with Crippen LogP contribution in [0.15, 0.2) is 23.3 Å². The number of aliphatic carboxylic acids is 1. The molecule has 2 N–H and O–H groups in total. The standard InChI is InChI=1S/C36H52N2O5/c1-23(39)17-27-34(7)18-24(21-37)30(43)32(4,5)26(34)9-11-35(27,8)33(6)14-16-36(12-10-28(40)38-22-29(41)42)15-13-31(2,3)19-25(36)20-33/h17-18,25-26H,9-16,19-20,22H2,1-8H3,(H,38,40)(H,41,42)/b27-17-/t25?,26-,33+,34-,35+,36+/m0/s1. The lowest BCUT2D eigenvalue weighted by Crippen LogP contribution is -2.58. The Morgan fingerprint density at radius 2 is 1.67 bits per heavy atom. The predicted molar refractivity (Wildman–Crippen MR) is 166 cm³/mol. The zero-order chi connectivity index (χ0) is 32.2. The number of carboxylic acid groups (broad SMARTS) is 1. The second-order valence-corrected chi connectivity index (χ2v) is 16.5. The number of nitrogens with one attached hydrogen (secondary N) is 1. The van der Waals surface area contributed by atoms with Crippen LogP contribution in [0.3, 0.4) is 0 Å². The first kappa shape index (κ1) is 33.1. The molecule has 3 fully saturated rings. The smallest absolute Gasteiger partial charge is 0.322 e. The minimum Gasteiger partial charge on any atom is -0.480 e. The summed E-state index contributed by atoms with van der Waals surface area (Å²) in [6.45, 7) is 16.7. The van der Waals surface area contributed by atoms with Gasteiger partial charge in [-0.1, -0.05) is 60.1 Å². The number of carboxylic acids is 1. The normalized spacial score (nSPS) is 39.1. The van der Waals surface area contributed by atoms with E-state index in [2.05, 4.69) is 46.0 Å². The molecule has 1 unspecified atom stereocenters. The van der Waals surface area contributed by atoms with Crippen LogP contribution in [0.25, 0.3) is 0 Å². The van der Waals surface area contributed by atoms with Crippen molar-refractivity contribution in [3.05, 3.63) is 23.3 Å². The molecule has 7 heteroatoms. The van der Waals surface area contributed by atoms with Crippen LogP contribution in [-0.4, -0.2) is 35.1 Å². The molecule has 0 heterocycles. The molecule has 43 heavy (non-hydrogen) atoms. The first-order valence-electron chi connectivity index (χ1n) is 16.1. The maximum atomic E-state index is 13.3. The van der Waals surface area contributed by atoms with Crippen molar-refractivity contribution in [2.45, 2.75) is 120 Å². The van der Waals surface area contributed by atoms with Gasteiger partial charge >= 0.3 is 5.97 Å². The second kappa shape index (κ2) is 11.0. The largest absolute Gasteiger partial charge is 0.480 e. The minimum atomic E-state index is -1.04. The first-order chi connectivity index (χ1) is 19.8. The van der Waals surface area contributed by atoms with Gasteiger partial charge in [0.1, 0.15) is 12.6 Å². The summed E-state index contributed by atoms with van der Waals surface area (Å²) in [6, 6.07) is 2.18. The third kappa shape index (κ3) is 5.64. The number of carbonyl (C=O) groups is 4. The number of rotatable bonds is 7. The lowest BCUT2D eigenvalue weighted by atomic mass is 9.38. The molecule has 3 saturated carbocycles. The summed E-state index contributed by atoms with van der Waals surface area (Å²) >= 11 is 0. The maximum absolute atomic E-state index is 13.3. The Hall–Kier alpha value is -2.75. The third-order valence-corrected chi connectivity index (χ3v) is 12.9. The lowest BCUT2D eigenvalue weighted by molar-refractivity contribution is -0.139. The molecule has 0 saturated heterocycles. The number of ketones is 2. The van der Waals surface area contributed by atoms with E-state index in [9.17, 15) is 24.4 Å². The summed E-state index contributed by atoms with van der Waals surface area (Å²) in [4.78, 5) is 49.8. The number of Topliss-reactive ketones (excluding diaryl/α,β-unsaturated/α-hetero) is 1. The van der Waals surface area contributed by atoms with Crippen molar-refractivity contribution in [1.82, 2.24) is 5.32 Å². The maximum Gasteiger partial charge on any atom is 0.322 e. The number of nitriles is 1. The molecule has 236 valence electrons. The van der Waals surface area contributed by atoms with Gasteiger partial charge in [-0.2, -0.15) is 5.26 Å². The summed E-state index contributed by atoms with van der Waals surface area (Å²) in [7, 11) is 0. The average Bonchev–Trinajstić information content (AvgIpc) is 2.90. The molecule has 0 bridgehead atoms. The minimum absolute atomic E-state index is 0.00696. The van der Waals surface area contributed by atoms with Gasteiger partial charge in [-0.05, 0) is 104 Å². The Balaban J connectivity index is 1.73. The molecule has 1 amide bonds. The first-order valence-corrected chi connectivity index (χ1v) is 16.1. The molecule has 0 radical (unpaired) electrons. The summed E-state index contributed by atoms with van der Waals surface area (Å²) < 4.78 is 0. The highest BCUT2D eigenvalue weighted by atomic mass is 16.4. The number of hydrogen-bond acceptors (Lipinski definition) is 5. The molecule has 0 aromatic carbocycles. The van der Waals surface area contributed by atoms with Gasteiger partial charge in [0.25, 0.3) is 0 Å². The Labute approximate surface area is 257 Å². The molecule has 6 atom stereocenters. The topological polar surface area (TPSA) is 124 Å². The van der Waals surface area contributed by atoms with E-state index in [0.717, 1.165) is 63.4 Å². The van der Waals surface area contributed by atoms with Gasteiger partial charge in [0, 0.05) is 17.3 Å².